The second kappa shape index (κ2) is 9.21. The largest absolute Gasteiger partial charge is 0.493 e. The quantitative estimate of drug-likeness (QED) is 0.535. The maximum absolute atomic E-state index is 12.8. The van der Waals surface area contributed by atoms with Crippen LogP contribution in [0.25, 0.3) is 11.1 Å². The van der Waals surface area contributed by atoms with Crippen LogP contribution >= 0.6 is 0 Å². The summed E-state index contributed by atoms with van der Waals surface area (Å²) in [5.74, 6) is 2.37. The molecule has 10 nitrogen and oxygen atoms in total. The van der Waals surface area contributed by atoms with Gasteiger partial charge in [-0.05, 0) is 36.2 Å². The van der Waals surface area contributed by atoms with E-state index in [1.807, 2.05) is 25.1 Å². The highest BCUT2D eigenvalue weighted by Crippen LogP contribution is 2.41. The fourth-order valence-corrected chi connectivity index (χ4v) is 4.37. The Morgan fingerprint density at radius 3 is 2.63 bits per heavy atom. The molecule has 182 valence electrons. The molecule has 5 rings (SSSR count). The zero-order valence-electron chi connectivity index (χ0n) is 19.7. The molecule has 3 aromatic rings. The summed E-state index contributed by atoms with van der Waals surface area (Å²) in [5.41, 5.74) is 3.02. The van der Waals surface area contributed by atoms with Crippen molar-refractivity contribution in [2.75, 3.05) is 38.1 Å². The summed E-state index contributed by atoms with van der Waals surface area (Å²) in [6.45, 7) is 2.94. The molecule has 3 heterocycles. The van der Waals surface area contributed by atoms with Gasteiger partial charge in [-0.15, -0.1) is 0 Å². The van der Waals surface area contributed by atoms with E-state index in [1.54, 1.807) is 37.1 Å². The van der Waals surface area contributed by atoms with Gasteiger partial charge in [0.2, 0.25) is 5.91 Å². The molecule has 1 aromatic heterocycles. The summed E-state index contributed by atoms with van der Waals surface area (Å²) in [4.78, 5) is 25.7. The number of aromatic nitrogens is 2. The number of aryl methyl sites for hydroxylation is 1. The first-order valence-electron chi connectivity index (χ1n) is 11.4. The number of rotatable bonds is 7. The topological polar surface area (TPSA) is 113 Å². The van der Waals surface area contributed by atoms with Crippen LogP contribution in [0.4, 0.5) is 11.5 Å². The third-order valence-corrected chi connectivity index (χ3v) is 6.03. The van der Waals surface area contributed by atoms with Crippen molar-refractivity contribution in [3.63, 3.8) is 0 Å². The van der Waals surface area contributed by atoms with E-state index in [4.69, 9.17) is 18.9 Å². The van der Waals surface area contributed by atoms with Crippen LogP contribution in [0.15, 0.2) is 36.4 Å². The first-order valence-corrected chi connectivity index (χ1v) is 11.4. The molecule has 2 aliphatic rings. The number of hydrogen-bond donors (Lipinski definition) is 2. The molecule has 1 atom stereocenters. The average molecular weight is 479 g/mol. The smallest absolute Gasteiger partial charge is 0.251 e. The van der Waals surface area contributed by atoms with Crippen LogP contribution < -0.4 is 29.6 Å². The standard InChI is InChI=1S/C25H26N4O6/c1-4-16-23(14-5-7-18(32-2)20(11-14)33-3)24-27-25(31)17(29(24)28-16)13-22(30)26-15-6-8-19-21(12-15)35-10-9-34-19/h5-8,11-12,17H,4,9-10,13H2,1-3H3,(H,26,30)(H,27,31). The maximum Gasteiger partial charge on any atom is 0.251 e. The van der Waals surface area contributed by atoms with Gasteiger partial charge in [0, 0.05) is 17.3 Å². The summed E-state index contributed by atoms with van der Waals surface area (Å²) in [6.07, 6.45) is 0.582. The van der Waals surface area contributed by atoms with Gasteiger partial charge < -0.3 is 29.6 Å². The van der Waals surface area contributed by atoms with Gasteiger partial charge in [-0.3, -0.25) is 9.59 Å². The Morgan fingerprint density at radius 1 is 1.11 bits per heavy atom. The lowest BCUT2D eigenvalue weighted by molar-refractivity contribution is -0.123. The number of hydrogen-bond acceptors (Lipinski definition) is 7. The fraction of sp³-hybridized carbons (Fsp3) is 0.320. The molecule has 0 saturated carbocycles. The lowest BCUT2D eigenvalue weighted by Gasteiger charge is -2.19. The van der Waals surface area contributed by atoms with Crippen molar-refractivity contribution in [2.45, 2.75) is 25.8 Å². The van der Waals surface area contributed by atoms with Crippen molar-refractivity contribution < 1.29 is 28.5 Å². The summed E-state index contributed by atoms with van der Waals surface area (Å²) in [7, 11) is 3.15. The monoisotopic (exact) mass is 478 g/mol. The molecular weight excluding hydrogens is 452 g/mol. The number of fused-ring (bicyclic) bond motifs is 2. The minimum Gasteiger partial charge on any atom is -0.493 e. The predicted octanol–water partition coefficient (Wildman–Crippen LogP) is 3.42. The van der Waals surface area contributed by atoms with E-state index in [9.17, 15) is 9.59 Å². The molecule has 10 heteroatoms. The van der Waals surface area contributed by atoms with E-state index in [-0.39, 0.29) is 18.2 Å². The Hall–Kier alpha value is -4.21. The van der Waals surface area contributed by atoms with Crippen LogP contribution in [-0.4, -0.2) is 49.0 Å². The molecule has 2 N–H and O–H groups in total. The Bertz CT molecular complexity index is 1300. The van der Waals surface area contributed by atoms with Crippen molar-refractivity contribution in [2.24, 2.45) is 0 Å². The molecule has 35 heavy (non-hydrogen) atoms. The van der Waals surface area contributed by atoms with Crippen LogP contribution in [0.5, 0.6) is 23.0 Å². The minimum absolute atomic E-state index is 0.0660. The number of carbonyl (C=O) groups excluding carboxylic acids is 2. The zero-order valence-corrected chi connectivity index (χ0v) is 19.7. The van der Waals surface area contributed by atoms with Crippen molar-refractivity contribution in [3.8, 4) is 34.1 Å². The number of nitrogens with zero attached hydrogens (tertiary/aromatic N) is 2. The number of anilines is 2. The van der Waals surface area contributed by atoms with Gasteiger partial charge in [0.15, 0.2) is 23.0 Å². The van der Waals surface area contributed by atoms with E-state index in [1.165, 1.54) is 0 Å². The van der Waals surface area contributed by atoms with Gasteiger partial charge in [0.25, 0.3) is 5.91 Å². The molecule has 0 aliphatic carbocycles. The van der Waals surface area contributed by atoms with E-state index in [0.717, 1.165) is 16.8 Å². The van der Waals surface area contributed by atoms with Crippen molar-refractivity contribution in [1.29, 1.82) is 0 Å². The lowest BCUT2D eigenvalue weighted by atomic mass is 10.0. The predicted molar refractivity (Wildman–Crippen MR) is 128 cm³/mol. The van der Waals surface area contributed by atoms with E-state index in [2.05, 4.69) is 15.7 Å². The van der Waals surface area contributed by atoms with Gasteiger partial charge in [0.05, 0.1) is 26.3 Å². The molecule has 2 aliphatic heterocycles. The Morgan fingerprint density at radius 2 is 1.89 bits per heavy atom. The first-order chi connectivity index (χ1) is 17.0. The number of methoxy groups -OCH3 is 2. The van der Waals surface area contributed by atoms with Crippen LogP contribution in [0.2, 0.25) is 0 Å². The number of nitrogens with one attached hydrogen (secondary N) is 2. The van der Waals surface area contributed by atoms with E-state index < -0.39 is 6.04 Å². The normalized spacial score (nSPS) is 15.9. The number of amides is 2. The zero-order chi connectivity index (χ0) is 24.5. The molecule has 0 fully saturated rings. The molecule has 1 unspecified atom stereocenters. The average Bonchev–Trinajstić information content (AvgIpc) is 3.38. The second-order valence-electron chi connectivity index (χ2n) is 8.15. The number of carbonyl (C=O) groups is 2. The van der Waals surface area contributed by atoms with E-state index in [0.29, 0.717) is 54.1 Å². The Labute approximate surface area is 202 Å². The Balaban J connectivity index is 1.39. The van der Waals surface area contributed by atoms with Crippen LogP contribution in [-0.2, 0) is 16.0 Å². The van der Waals surface area contributed by atoms with Gasteiger partial charge >= 0.3 is 0 Å². The SMILES string of the molecule is CCc1nn2c(c1-c1ccc(OC)c(OC)c1)NC(=O)C2CC(=O)Nc1ccc2c(c1)OCCO2. The van der Waals surface area contributed by atoms with E-state index >= 15 is 0 Å². The molecule has 0 saturated heterocycles. The summed E-state index contributed by atoms with van der Waals surface area (Å²) < 4.78 is 23.5. The van der Waals surface area contributed by atoms with Crippen LogP contribution in [0.1, 0.15) is 25.1 Å². The summed E-state index contributed by atoms with van der Waals surface area (Å²) in [5, 5.41) is 10.4. The maximum atomic E-state index is 12.8. The first kappa shape index (κ1) is 22.6. The highest BCUT2D eigenvalue weighted by molar-refractivity contribution is 6.04. The molecule has 2 aromatic carbocycles. The van der Waals surface area contributed by atoms with Crippen molar-refractivity contribution in [3.05, 3.63) is 42.1 Å². The Kier molecular flexibility index (Phi) is 5.94. The highest BCUT2D eigenvalue weighted by atomic mass is 16.6. The third-order valence-electron chi connectivity index (χ3n) is 6.03. The minimum atomic E-state index is -0.763. The fourth-order valence-electron chi connectivity index (χ4n) is 4.37. The van der Waals surface area contributed by atoms with Crippen LogP contribution in [0.3, 0.4) is 0 Å². The molecule has 2 amide bonds. The molecular formula is C25H26N4O6. The molecule has 0 spiro atoms. The summed E-state index contributed by atoms with van der Waals surface area (Å²) in [6, 6.07) is 10.00. The van der Waals surface area contributed by atoms with Crippen molar-refractivity contribution >= 4 is 23.3 Å². The number of ether oxygens (including phenoxy) is 4. The van der Waals surface area contributed by atoms with Crippen molar-refractivity contribution in [1.82, 2.24) is 9.78 Å². The van der Waals surface area contributed by atoms with Gasteiger partial charge in [-0.1, -0.05) is 13.0 Å². The van der Waals surface area contributed by atoms with Crippen LogP contribution in [0, 0.1) is 0 Å². The lowest BCUT2D eigenvalue weighted by Crippen LogP contribution is -2.24. The number of benzene rings is 2. The highest BCUT2D eigenvalue weighted by Gasteiger charge is 2.37. The third kappa shape index (κ3) is 4.11. The second-order valence-corrected chi connectivity index (χ2v) is 8.15. The molecule has 0 bridgehead atoms. The van der Waals surface area contributed by atoms with Gasteiger partial charge in [0.1, 0.15) is 25.1 Å². The van der Waals surface area contributed by atoms with Gasteiger partial charge in [-0.25, -0.2) is 4.68 Å². The summed E-state index contributed by atoms with van der Waals surface area (Å²) >= 11 is 0. The molecule has 0 radical (unpaired) electrons. The van der Waals surface area contributed by atoms with Gasteiger partial charge in [-0.2, -0.15) is 5.10 Å².